The third-order valence-corrected chi connectivity index (χ3v) is 4.53. The molecule has 0 saturated carbocycles. The maximum absolute atomic E-state index is 12.6. The number of amides is 2. The zero-order valence-electron chi connectivity index (χ0n) is 15.1. The van der Waals surface area contributed by atoms with E-state index in [-0.39, 0.29) is 18.0 Å². The predicted octanol–water partition coefficient (Wildman–Crippen LogP) is 3.47. The summed E-state index contributed by atoms with van der Waals surface area (Å²) < 4.78 is 5.02. The molecule has 0 aliphatic carbocycles. The monoisotopic (exact) mass is 332 g/mol. The van der Waals surface area contributed by atoms with Gasteiger partial charge < -0.3 is 15.0 Å². The molecule has 2 amide bonds. The zero-order chi connectivity index (χ0) is 17.7. The Morgan fingerprint density at radius 1 is 1.29 bits per heavy atom. The van der Waals surface area contributed by atoms with E-state index in [9.17, 15) is 9.59 Å². The molecular weight excluding hydrogens is 304 g/mol. The number of nitrogens with one attached hydrogen (secondary N) is 1. The van der Waals surface area contributed by atoms with Gasteiger partial charge in [-0.1, -0.05) is 26.0 Å². The minimum Gasteiger partial charge on any atom is -0.450 e. The first-order valence-electron chi connectivity index (χ1n) is 8.75. The molecule has 5 nitrogen and oxygen atoms in total. The summed E-state index contributed by atoms with van der Waals surface area (Å²) in [6.45, 7) is 9.64. The van der Waals surface area contributed by atoms with E-state index in [0.29, 0.717) is 25.6 Å². The number of carbonyl (C=O) groups is 2. The van der Waals surface area contributed by atoms with Gasteiger partial charge >= 0.3 is 6.09 Å². The molecule has 1 aromatic rings. The van der Waals surface area contributed by atoms with E-state index in [2.05, 4.69) is 25.2 Å². The average molecular weight is 332 g/mol. The van der Waals surface area contributed by atoms with Crippen LogP contribution < -0.4 is 5.32 Å². The molecule has 1 fully saturated rings. The summed E-state index contributed by atoms with van der Waals surface area (Å²) >= 11 is 0. The largest absolute Gasteiger partial charge is 0.450 e. The van der Waals surface area contributed by atoms with Gasteiger partial charge in [0.05, 0.1) is 6.61 Å². The second kappa shape index (κ2) is 8.18. The standard InChI is InChI=1S/C19H28N2O3/c1-5-24-19(23)21-10-8-16(9-11-21)20-18(22)17-12-15(13(2)3)7-6-14(17)4/h6-7,12-13,16H,5,8-11H2,1-4H3,(H,20,22). The maximum Gasteiger partial charge on any atom is 0.409 e. The molecule has 132 valence electrons. The van der Waals surface area contributed by atoms with E-state index in [0.717, 1.165) is 24.0 Å². The molecule has 5 heteroatoms. The van der Waals surface area contributed by atoms with Crippen molar-refractivity contribution in [1.29, 1.82) is 0 Å². The van der Waals surface area contributed by atoms with Crippen molar-refractivity contribution in [3.05, 3.63) is 34.9 Å². The zero-order valence-corrected chi connectivity index (χ0v) is 15.1. The van der Waals surface area contributed by atoms with Crippen molar-refractivity contribution < 1.29 is 14.3 Å². The molecule has 1 saturated heterocycles. The molecule has 0 aromatic heterocycles. The van der Waals surface area contributed by atoms with Crippen molar-refractivity contribution in [2.24, 2.45) is 0 Å². The molecule has 24 heavy (non-hydrogen) atoms. The van der Waals surface area contributed by atoms with Crippen LogP contribution in [0.1, 0.15) is 61.0 Å². The molecule has 0 atom stereocenters. The molecule has 1 aliphatic heterocycles. The van der Waals surface area contributed by atoms with Crippen molar-refractivity contribution in [3.63, 3.8) is 0 Å². The van der Waals surface area contributed by atoms with Crippen LogP contribution in [-0.4, -0.2) is 42.6 Å². The van der Waals surface area contributed by atoms with Crippen LogP contribution in [0.2, 0.25) is 0 Å². The number of rotatable bonds is 4. The highest BCUT2D eigenvalue weighted by Gasteiger charge is 2.25. The topological polar surface area (TPSA) is 58.6 Å². The van der Waals surface area contributed by atoms with Gasteiger partial charge in [-0.15, -0.1) is 0 Å². The summed E-state index contributed by atoms with van der Waals surface area (Å²) in [5.41, 5.74) is 2.90. The smallest absolute Gasteiger partial charge is 0.409 e. The van der Waals surface area contributed by atoms with Crippen LogP contribution >= 0.6 is 0 Å². The lowest BCUT2D eigenvalue weighted by atomic mass is 9.97. The fourth-order valence-electron chi connectivity index (χ4n) is 2.93. The summed E-state index contributed by atoms with van der Waals surface area (Å²) in [7, 11) is 0. The normalized spacial score (nSPS) is 15.5. The first-order chi connectivity index (χ1) is 11.4. The van der Waals surface area contributed by atoms with E-state index in [1.54, 1.807) is 11.8 Å². The predicted molar refractivity (Wildman–Crippen MR) is 94.4 cm³/mol. The second-order valence-corrected chi connectivity index (χ2v) is 6.66. The lowest BCUT2D eigenvalue weighted by molar-refractivity contribution is 0.0859. The number of benzene rings is 1. The Morgan fingerprint density at radius 3 is 2.54 bits per heavy atom. The van der Waals surface area contributed by atoms with Gasteiger partial charge in [0.2, 0.25) is 0 Å². The molecule has 1 heterocycles. The molecule has 0 radical (unpaired) electrons. The molecule has 1 N–H and O–H groups in total. The highest BCUT2D eigenvalue weighted by molar-refractivity contribution is 5.96. The highest BCUT2D eigenvalue weighted by atomic mass is 16.6. The van der Waals surface area contributed by atoms with Crippen molar-refractivity contribution in [2.75, 3.05) is 19.7 Å². The van der Waals surface area contributed by atoms with E-state index < -0.39 is 0 Å². The molecule has 0 bridgehead atoms. The summed E-state index contributed by atoms with van der Waals surface area (Å²) in [6, 6.07) is 6.18. The Morgan fingerprint density at radius 2 is 1.96 bits per heavy atom. The van der Waals surface area contributed by atoms with Crippen LogP contribution in [0, 0.1) is 6.92 Å². The lowest BCUT2D eigenvalue weighted by Crippen LogP contribution is -2.46. The van der Waals surface area contributed by atoms with Crippen LogP contribution in [0.4, 0.5) is 4.79 Å². The molecule has 0 unspecified atom stereocenters. The third-order valence-electron chi connectivity index (χ3n) is 4.53. The summed E-state index contributed by atoms with van der Waals surface area (Å²) in [5.74, 6) is 0.370. The van der Waals surface area contributed by atoms with Crippen LogP contribution in [0.3, 0.4) is 0 Å². The van der Waals surface area contributed by atoms with Gasteiger partial charge in [-0.3, -0.25) is 4.79 Å². The first kappa shape index (κ1) is 18.3. The fourth-order valence-corrected chi connectivity index (χ4v) is 2.93. The van der Waals surface area contributed by atoms with Gasteiger partial charge in [0.15, 0.2) is 0 Å². The number of hydrogen-bond donors (Lipinski definition) is 1. The average Bonchev–Trinajstić information content (AvgIpc) is 2.55. The number of ether oxygens (including phenoxy) is 1. The van der Waals surface area contributed by atoms with E-state index in [1.807, 2.05) is 19.1 Å². The Hall–Kier alpha value is -2.04. The van der Waals surface area contributed by atoms with E-state index >= 15 is 0 Å². The first-order valence-corrected chi connectivity index (χ1v) is 8.75. The Bertz CT molecular complexity index is 590. The molecule has 1 aromatic carbocycles. The number of piperidine rings is 1. The van der Waals surface area contributed by atoms with Crippen molar-refractivity contribution >= 4 is 12.0 Å². The fraction of sp³-hybridized carbons (Fsp3) is 0.579. The highest BCUT2D eigenvalue weighted by Crippen LogP contribution is 2.19. The number of nitrogens with zero attached hydrogens (tertiary/aromatic N) is 1. The van der Waals surface area contributed by atoms with Gasteiger partial charge in [-0.25, -0.2) is 4.79 Å². The molecule has 1 aliphatic rings. The Balaban J connectivity index is 1.94. The SMILES string of the molecule is CCOC(=O)N1CCC(NC(=O)c2cc(C(C)C)ccc2C)CC1. The van der Waals surface area contributed by atoms with E-state index in [1.165, 1.54) is 5.56 Å². The third kappa shape index (κ3) is 4.49. The van der Waals surface area contributed by atoms with Crippen LogP contribution in [0.5, 0.6) is 0 Å². The number of carbonyl (C=O) groups excluding carboxylic acids is 2. The number of likely N-dealkylation sites (tertiary alicyclic amines) is 1. The van der Waals surface area contributed by atoms with Gasteiger partial charge in [0.25, 0.3) is 5.91 Å². The van der Waals surface area contributed by atoms with Crippen LogP contribution in [-0.2, 0) is 4.74 Å². The molecule has 0 spiro atoms. The second-order valence-electron chi connectivity index (χ2n) is 6.66. The van der Waals surface area contributed by atoms with E-state index in [4.69, 9.17) is 4.74 Å². The van der Waals surface area contributed by atoms with Crippen molar-refractivity contribution in [2.45, 2.75) is 52.5 Å². The van der Waals surface area contributed by atoms with Crippen molar-refractivity contribution in [3.8, 4) is 0 Å². The molecular formula is C19H28N2O3. The van der Waals surface area contributed by atoms with Gasteiger partial charge in [0.1, 0.15) is 0 Å². The number of hydrogen-bond acceptors (Lipinski definition) is 3. The van der Waals surface area contributed by atoms with Crippen molar-refractivity contribution in [1.82, 2.24) is 10.2 Å². The Labute approximate surface area is 144 Å². The lowest BCUT2D eigenvalue weighted by Gasteiger charge is -2.31. The quantitative estimate of drug-likeness (QED) is 0.918. The summed E-state index contributed by atoms with van der Waals surface area (Å²) in [5, 5.41) is 3.12. The summed E-state index contributed by atoms with van der Waals surface area (Å²) in [6.07, 6.45) is 1.25. The summed E-state index contributed by atoms with van der Waals surface area (Å²) in [4.78, 5) is 26.0. The minimum atomic E-state index is -0.261. The van der Waals surface area contributed by atoms with Crippen LogP contribution in [0.15, 0.2) is 18.2 Å². The minimum absolute atomic E-state index is 0.0235. The van der Waals surface area contributed by atoms with Gasteiger partial charge in [0, 0.05) is 24.7 Å². The van der Waals surface area contributed by atoms with Crippen LogP contribution in [0.25, 0.3) is 0 Å². The number of aryl methyl sites for hydroxylation is 1. The van der Waals surface area contributed by atoms with Gasteiger partial charge in [-0.05, 0) is 49.8 Å². The van der Waals surface area contributed by atoms with Gasteiger partial charge in [-0.2, -0.15) is 0 Å². The maximum atomic E-state index is 12.6. The Kier molecular flexibility index (Phi) is 6.23. The molecule has 2 rings (SSSR count).